The summed E-state index contributed by atoms with van der Waals surface area (Å²) in [7, 11) is -3.74. The van der Waals surface area contributed by atoms with Gasteiger partial charge < -0.3 is 10.4 Å². The third-order valence-corrected chi connectivity index (χ3v) is 5.71. The first-order valence-electron chi connectivity index (χ1n) is 8.57. The number of carbonyl (C=O) groups excluding carboxylic acids is 1. The summed E-state index contributed by atoms with van der Waals surface area (Å²) in [5.41, 5.74) is 1.66. The molecule has 9 heteroatoms. The van der Waals surface area contributed by atoms with E-state index in [1.54, 1.807) is 19.1 Å². The molecule has 0 saturated carbocycles. The Bertz CT molecular complexity index is 964. The number of aryl methyl sites for hydroxylation is 2. The van der Waals surface area contributed by atoms with Crippen LogP contribution in [0.2, 0.25) is 0 Å². The van der Waals surface area contributed by atoms with Gasteiger partial charge in [-0.25, -0.2) is 21.9 Å². The first-order chi connectivity index (χ1) is 13.1. The fraction of sp³-hybridized carbons (Fsp3) is 0.316. The molecule has 0 aromatic heterocycles. The number of amides is 1. The highest BCUT2D eigenvalue weighted by Crippen LogP contribution is 2.17. The molecule has 0 aliphatic carbocycles. The van der Waals surface area contributed by atoms with Gasteiger partial charge in [-0.2, -0.15) is 0 Å². The van der Waals surface area contributed by atoms with Crippen molar-refractivity contribution in [2.24, 2.45) is 0 Å². The Kier molecular flexibility index (Phi) is 7.22. The van der Waals surface area contributed by atoms with Gasteiger partial charge in [0.2, 0.25) is 15.9 Å². The highest BCUT2D eigenvalue weighted by atomic mass is 32.2. The first-order valence-corrected chi connectivity index (χ1v) is 10.0. The highest BCUT2D eigenvalue weighted by Gasteiger charge is 2.17. The second kappa shape index (κ2) is 9.22. The minimum Gasteiger partial charge on any atom is -0.387 e. The van der Waals surface area contributed by atoms with E-state index in [1.807, 2.05) is 6.92 Å². The van der Waals surface area contributed by atoms with E-state index in [2.05, 4.69) is 10.0 Å². The number of carbonyl (C=O) groups is 1. The molecule has 28 heavy (non-hydrogen) atoms. The lowest BCUT2D eigenvalue weighted by atomic mass is 10.1. The van der Waals surface area contributed by atoms with E-state index in [-0.39, 0.29) is 30.0 Å². The lowest BCUT2D eigenvalue weighted by Crippen LogP contribution is -2.33. The summed E-state index contributed by atoms with van der Waals surface area (Å²) in [4.78, 5) is 12.0. The standard InChI is InChI=1S/C19H22F2N2O4S/c1-12-3-6-18(13(2)9-12)28(26,27)23-8-7-19(25)22-11-17(24)14-4-5-15(20)16(21)10-14/h3-6,9-10,17,23-24H,7-8,11H2,1-2H3,(H,22,25). The van der Waals surface area contributed by atoms with Crippen LogP contribution in [-0.2, 0) is 14.8 Å². The molecule has 1 amide bonds. The molecule has 0 aliphatic rings. The van der Waals surface area contributed by atoms with Crippen LogP contribution in [0.4, 0.5) is 8.78 Å². The molecule has 0 spiro atoms. The molecule has 152 valence electrons. The van der Waals surface area contributed by atoms with Crippen LogP contribution in [0.5, 0.6) is 0 Å². The molecule has 0 heterocycles. The van der Waals surface area contributed by atoms with Crippen LogP contribution >= 0.6 is 0 Å². The number of rotatable bonds is 8. The Morgan fingerprint density at radius 1 is 1.11 bits per heavy atom. The van der Waals surface area contributed by atoms with Crippen LogP contribution in [0.3, 0.4) is 0 Å². The van der Waals surface area contributed by atoms with Crippen LogP contribution in [-0.4, -0.2) is 32.5 Å². The monoisotopic (exact) mass is 412 g/mol. The summed E-state index contributed by atoms with van der Waals surface area (Å²) in [6, 6.07) is 7.90. The predicted octanol–water partition coefficient (Wildman–Crippen LogP) is 2.10. The fourth-order valence-electron chi connectivity index (χ4n) is 2.61. The van der Waals surface area contributed by atoms with Crippen molar-refractivity contribution in [3.05, 3.63) is 64.7 Å². The van der Waals surface area contributed by atoms with E-state index in [4.69, 9.17) is 0 Å². The zero-order valence-corrected chi connectivity index (χ0v) is 16.3. The maximum absolute atomic E-state index is 13.2. The Labute approximate surface area is 162 Å². The zero-order chi connectivity index (χ0) is 20.9. The minimum absolute atomic E-state index is 0.120. The summed E-state index contributed by atoms with van der Waals surface area (Å²) >= 11 is 0. The van der Waals surface area contributed by atoms with Gasteiger partial charge >= 0.3 is 0 Å². The number of hydrogen-bond acceptors (Lipinski definition) is 4. The Morgan fingerprint density at radius 3 is 2.46 bits per heavy atom. The number of sulfonamides is 1. The predicted molar refractivity (Wildman–Crippen MR) is 100 cm³/mol. The first kappa shape index (κ1) is 21.9. The quantitative estimate of drug-likeness (QED) is 0.619. The molecule has 2 rings (SSSR count). The molecule has 0 saturated heterocycles. The molecule has 0 fully saturated rings. The van der Waals surface area contributed by atoms with Crippen LogP contribution in [0, 0.1) is 25.5 Å². The molecular formula is C19H22F2N2O4S. The van der Waals surface area contributed by atoms with Crippen LogP contribution in [0.15, 0.2) is 41.3 Å². The van der Waals surface area contributed by atoms with Gasteiger partial charge in [0, 0.05) is 19.5 Å². The zero-order valence-electron chi connectivity index (χ0n) is 15.5. The van der Waals surface area contributed by atoms with Crippen LogP contribution < -0.4 is 10.0 Å². The van der Waals surface area contributed by atoms with Crippen LogP contribution in [0.25, 0.3) is 0 Å². The molecule has 1 atom stereocenters. The average Bonchev–Trinajstić information content (AvgIpc) is 2.61. The largest absolute Gasteiger partial charge is 0.387 e. The number of halogens is 2. The summed E-state index contributed by atoms with van der Waals surface area (Å²) in [5.74, 6) is -2.62. The van der Waals surface area contributed by atoms with Crippen molar-refractivity contribution in [2.45, 2.75) is 31.3 Å². The fourth-order valence-corrected chi connectivity index (χ4v) is 3.87. The number of benzene rings is 2. The maximum Gasteiger partial charge on any atom is 0.240 e. The van der Waals surface area contributed by atoms with Gasteiger partial charge in [0.05, 0.1) is 11.0 Å². The van der Waals surface area contributed by atoms with Crippen molar-refractivity contribution in [1.29, 1.82) is 0 Å². The van der Waals surface area contributed by atoms with Crippen LogP contribution in [0.1, 0.15) is 29.2 Å². The molecule has 6 nitrogen and oxygen atoms in total. The van der Waals surface area contributed by atoms with Crippen molar-refractivity contribution in [1.82, 2.24) is 10.0 Å². The van der Waals surface area contributed by atoms with Gasteiger partial charge in [0.1, 0.15) is 0 Å². The van der Waals surface area contributed by atoms with E-state index >= 15 is 0 Å². The van der Waals surface area contributed by atoms with Gasteiger partial charge in [0.25, 0.3) is 0 Å². The van der Waals surface area contributed by atoms with E-state index < -0.39 is 33.7 Å². The molecule has 0 radical (unpaired) electrons. The van der Waals surface area contributed by atoms with Gasteiger partial charge in [-0.15, -0.1) is 0 Å². The third-order valence-electron chi connectivity index (χ3n) is 4.09. The Morgan fingerprint density at radius 2 is 1.82 bits per heavy atom. The van der Waals surface area contributed by atoms with Crippen molar-refractivity contribution < 1.29 is 27.1 Å². The Hall–Kier alpha value is -2.36. The van der Waals surface area contributed by atoms with E-state index in [0.29, 0.717) is 5.56 Å². The van der Waals surface area contributed by atoms with Crippen molar-refractivity contribution in [3.8, 4) is 0 Å². The SMILES string of the molecule is Cc1ccc(S(=O)(=O)NCCC(=O)NCC(O)c2ccc(F)c(F)c2)c(C)c1. The second-order valence-electron chi connectivity index (χ2n) is 6.41. The second-order valence-corrected chi connectivity index (χ2v) is 8.15. The van der Waals surface area contributed by atoms with E-state index in [9.17, 15) is 27.1 Å². The van der Waals surface area contributed by atoms with Gasteiger partial charge in [-0.1, -0.05) is 23.8 Å². The average molecular weight is 412 g/mol. The van der Waals surface area contributed by atoms with Gasteiger partial charge in [-0.3, -0.25) is 4.79 Å². The number of hydrogen-bond donors (Lipinski definition) is 3. The van der Waals surface area contributed by atoms with Crippen molar-refractivity contribution >= 4 is 15.9 Å². The van der Waals surface area contributed by atoms with E-state index in [0.717, 1.165) is 17.7 Å². The molecule has 2 aromatic carbocycles. The number of aliphatic hydroxyl groups is 1. The summed E-state index contributed by atoms with van der Waals surface area (Å²) in [5, 5.41) is 12.3. The highest BCUT2D eigenvalue weighted by molar-refractivity contribution is 7.89. The molecule has 1 unspecified atom stereocenters. The van der Waals surface area contributed by atoms with Gasteiger partial charge in [-0.05, 0) is 43.2 Å². The number of aliphatic hydroxyl groups excluding tert-OH is 1. The summed E-state index contributed by atoms with van der Waals surface area (Å²) < 4.78 is 53.0. The third kappa shape index (κ3) is 5.82. The van der Waals surface area contributed by atoms with Crippen molar-refractivity contribution in [2.75, 3.05) is 13.1 Å². The molecule has 3 N–H and O–H groups in total. The normalized spacial score (nSPS) is 12.6. The molecule has 0 bridgehead atoms. The lowest BCUT2D eigenvalue weighted by molar-refractivity contribution is -0.121. The minimum atomic E-state index is -3.74. The van der Waals surface area contributed by atoms with E-state index in [1.165, 1.54) is 12.1 Å². The Balaban J connectivity index is 1.82. The summed E-state index contributed by atoms with van der Waals surface area (Å²) in [6.07, 6.45) is -1.36. The van der Waals surface area contributed by atoms with Gasteiger partial charge in [0.15, 0.2) is 11.6 Å². The molecule has 0 aliphatic heterocycles. The maximum atomic E-state index is 13.2. The molecule has 2 aromatic rings. The van der Waals surface area contributed by atoms with Crippen molar-refractivity contribution in [3.63, 3.8) is 0 Å². The lowest BCUT2D eigenvalue weighted by Gasteiger charge is -2.13. The smallest absolute Gasteiger partial charge is 0.240 e. The number of nitrogens with one attached hydrogen (secondary N) is 2. The molecular weight excluding hydrogens is 390 g/mol. The summed E-state index contributed by atoms with van der Waals surface area (Å²) in [6.45, 7) is 3.21. The topological polar surface area (TPSA) is 95.5 Å².